The number of carbonyl (C=O) groups excluding carboxylic acids is 1. The molecule has 2 aliphatic rings. The highest BCUT2D eigenvalue weighted by molar-refractivity contribution is 8.00. The zero-order valence-electron chi connectivity index (χ0n) is 11.3. The van der Waals surface area contributed by atoms with Crippen molar-refractivity contribution in [2.24, 2.45) is 5.73 Å². The second-order valence-corrected chi connectivity index (χ2v) is 7.07. The van der Waals surface area contributed by atoms with Crippen LogP contribution >= 0.6 is 11.8 Å². The van der Waals surface area contributed by atoms with Crippen LogP contribution in [0.15, 0.2) is 29.2 Å². The van der Waals surface area contributed by atoms with Crippen molar-refractivity contribution >= 4 is 17.7 Å². The Bertz CT molecular complexity index is 501. The van der Waals surface area contributed by atoms with Gasteiger partial charge in [-0.25, -0.2) is 0 Å². The lowest BCUT2D eigenvalue weighted by atomic mass is 10.0. The molecule has 0 spiro atoms. The van der Waals surface area contributed by atoms with Crippen LogP contribution in [0.4, 0.5) is 0 Å². The fraction of sp³-hybridized carbons (Fsp3) is 0.533. The highest BCUT2D eigenvalue weighted by Gasteiger charge is 2.47. The van der Waals surface area contributed by atoms with Crippen LogP contribution in [0.1, 0.15) is 42.5 Å². The van der Waals surface area contributed by atoms with Crippen molar-refractivity contribution in [3.8, 4) is 0 Å². The number of benzene rings is 1. The van der Waals surface area contributed by atoms with E-state index in [9.17, 15) is 4.79 Å². The van der Waals surface area contributed by atoms with Gasteiger partial charge in [0.05, 0.1) is 4.87 Å². The van der Waals surface area contributed by atoms with Gasteiger partial charge in [0, 0.05) is 16.5 Å². The third-order valence-corrected chi connectivity index (χ3v) is 6.16. The molecule has 2 bridgehead atoms. The highest BCUT2D eigenvalue weighted by Crippen LogP contribution is 2.52. The normalized spacial score (nSPS) is 30.5. The molecule has 1 aromatic carbocycles. The molecule has 0 radical (unpaired) electrons. The Labute approximate surface area is 118 Å². The minimum absolute atomic E-state index is 0.235. The fourth-order valence-electron chi connectivity index (χ4n) is 3.45. The van der Waals surface area contributed by atoms with Gasteiger partial charge in [0.1, 0.15) is 0 Å². The Morgan fingerprint density at radius 1 is 1.42 bits per heavy atom. The molecule has 2 fully saturated rings. The van der Waals surface area contributed by atoms with Crippen molar-refractivity contribution in [3.05, 3.63) is 29.8 Å². The molecule has 1 amide bonds. The van der Waals surface area contributed by atoms with Crippen molar-refractivity contribution in [2.75, 3.05) is 7.05 Å². The molecule has 0 saturated carbocycles. The van der Waals surface area contributed by atoms with Crippen molar-refractivity contribution in [1.29, 1.82) is 0 Å². The molecule has 4 heteroatoms. The summed E-state index contributed by atoms with van der Waals surface area (Å²) in [5.41, 5.74) is 5.96. The van der Waals surface area contributed by atoms with Crippen LogP contribution in [0, 0.1) is 0 Å². The van der Waals surface area contributed by atoms with E-state index in [1.54, 1.807) is 6.07 Å². The van der Waals surface area contributed by atoms with Crippen molar-refractivity contribution < 1.29 is 4.79 Å². The molecule has 2 unspecified atom stereocenters. The largest absolute Gasteiger partial charge is 0.366 e. The molecule has 2 atom stereocenters. The molecule has 102 valence electrons. The zero-order chi connectivity index (χ0) is 13.5. The summed E-state index contributed by atoms with van der Waals surface area (Å²) in [5, 5.41) is 0. The molecule has 3 rings (SSSR count). The summed E-state index contributed by atoms with van der Waals surface area (Å²) < 4.78 is 0. The van der Waals surface area contributed by atoms with E-state index in [4.69, 9.17) is 5.73 Å². The smallest absolute Gasteiger partial charge is 0.248 e. The zero-order valence-corrected chi connectivity index (χ0v) is 12.1. The molecular formula is C15H20N2OS. The van der Waals surface area contributed by atoms with Crippen molar-refractivity contribution in [3.63, 3.8) is 0 Å². The number of carbonyl (C=O) groups is 1. The van der Waals surface area contributed by atoms with Gasteiger partial charge in [0.2, 0.25) is 5.91 Å². The number of nitrogens with zero attached hydrogens (tertiary/aromatic N) is 1. The lowest BCUT2D eigenvalue weighted by Crippen LogP contribution is -2.45. The van der Waals surface area contributed by atoms with Gasteiger partial charge >= 0.3 is 0 Å². The second kappa shape index (κ2) is 4.84. The summed E-state index contributed by atoms with van der Waals surface area (Å²) in [6.45, 7) is 0. The SMILES string of the molecule is CN1C2CCCC1(Sc1cccc(C(N)=O)c1)CC2. The van der Waals surface area contributed by atoms with Crippen LogP contribution in [0.25, 0.3) is 0 Å². The number of thioether (sulfide) groups is 1. The number of rotatable bonds is 3. The van der Waals surface area contributed by atoms with Crippen LogP contribution in [0.2, 0.25) is 0 Å². The van der Waals surface area contributed by atoms with E-state index < -0.39 is 0 Å². The first-order valence-corrected chi connectivity index (χ1v) is 7.74. The lowest BCUT2D eigenvalue weighted by Gasteiger charge is -2.42. The average molecular weight is 276 g/mol. The first-order chi connectivity index (χ1) is 9.11. The number of hydrogen-bond donors (Lipinski definition) is 1. The van der Waals surface area contributed by atoms with E-state index >= 15 is 0 Å². The summed E-state index contributed by atoms with van der Waals surface area (Å²) in [4.78, 5) is 15.2. The van der Waals surface area contributed by atoms with Gasteiger partial charge in [-0.15, -0.1) is 11.8 Å². The van der Waals surface area contributed by atoms with Gasteiger partial charge in [-0.2, -0.15) is 0 Å². The number of amides is 1. The van der Waals surface area contributed by atoms with Crippen LogP contribution in [-0.4, -0.2) is 28.8 Å². The topological polar surface area (TPSA) is 46.3 Å². The predicted molar refractivity (Wildman–Crippen MR) is 78.2 cm³/mol. The van der Waals surface area contributed by atoms with E-state index in [-0.39, 0.29) is 10.8 Å². The van der Waals surface area contributed by atoms with E-state index in [1.165, 1.54) is 32.1 Å². The first kappa shape index (κ1) is 13.0. The van der Waals surface area contributed by atoms with Crippen LogP contribution in [-0.2, 0) is 0 Å². The molecular weight excluding hydrogens is 256 g/mol. The maximum absolute atomic E-state index is 11.3. The molecule has 2 saturated heterocycles. The number of piperidine rings is 1. The summed E-state index contributed by atoms with van der Waals surface area (Å²) in [5.74, 6) is -0.346. The summed E-state index contributed by atoms with van der Waals surface area (Å²) in [7, 11) is 2.25. The number of hydrogen-bond acceptors (Lipinski definition) is 3. The molecule has 2 N–H and O–H groups in total. The Morgan fingerprint density at radius 2 is 2.26 bits per heavy atom. The number of nitrogens with two attached hydrogens (primary N) is 1. The third kappa shape index (κ3) is 2.28. The minimum Gasteiger partial charge on any atom is -0.366 e. The van der Waals surface area contributed by atoms with E-state index in [2.05, 4.69) is 18.0 Å². The quantitative estimate of drug-likeness (QED) is 0.923. The van der Waals surface area contributed by atoms with Crippen LogP contribution in [0.5, 0.6) is 0 Å². The van der Waals surface area contributed by atoms with Gasteiger partial charge in [0.25, 0.3) is 0 Å². The Hall–Kier alpha value is -1.00. The summed E-state index contributed by atoms with van der Waals surface area (Å²) in [6.07, 6.45) is 6.45. The summed E-state index contributed by atoms with van der Waals surface area (Å²) in [6, 6.07) is 8.47. The highest BCUT2D eigenvalue weighted by atomic mass is 32.2. The van der Waals surface area contributed by atoms with Crippen LogP contribution < -0.4 is 5.73 Å². The van der Waals surface area contributed by atoms with E-state index in [0.717, 1.165) is 10.9 Å². The second-order valence-electron chi connectivity index (χ2n) is 5.64. The average Bonchev–Trinajstić information content (AvgIpc) is 2.60. The van der Waals surface area contributed by atoms with E-state index in [0.29, 0.717) is 5.56 Å². The Morgan fingerprint density at radius 3 is 3.05 bits per heavy atom. The predicted octanol–water partition coefficient (Wildman–Crippen LogP) is 2.85. The van der Waals surface area contributed by atoms with E-state index in [1.807, 2.05) is 23.9 Å². The molecule has 0 aliphatic carbocycles. The monoisotopic (exact) mass is 276 g/mol. The fourth-order valence-corrected chi connectivity index (χ4v) is 4.99. The van der Waals surface area contributed by atoms with Crippen LogP contribution in [0.3, 0.4) is 0 Å². The lowest BCUT2D eigenvalue weighted by molar-refractivity contribution is 0.1000. The van der Waals surface area contributed by atoms with Crippen molar-refractivity contribution in [2.45, 2.75) is 47.9 Å². The van der Waals surface area contributed by atoms with Crippen molar-refractivity contribution in [1.82, 2.24) is 4.90 Å². The molecule has 19 heavy (non-hydrogen) atoms. The standard InChI is InChI=1S/C15H20N2OS/c1-17-12-5-3-8-15(17,9-7-12)19-13-6-2-4-11(10-13)14(16)18/h2,4,6,10,12H,3,5,7-9H2,1H3,(H2,16,18). The van der Waals surface area contributed by atoms with Gasteiger partial charge in [-0.1, -0.05) is 6.07 Å². The maximum atomic E-state index is 11.3. The molecule has 1 aromatic rings. The number of primary amides is 1. The first-order valence-electron chi connectivity index (χ1n) is 6.93. The molecule has 3 nitrogen and oxygen atoms in total. The Kier molecular flexibility index (Phi) is 3.31. The number of fused-ring (bicyclic) bond motifs is 2. The van der Waals surface area contributed by atoms with Gasteiger partial charge in [0.15, 0.2) is 0 Å². The van der Waals surface area contributed by atoms with Gasteiger partial charge in [-0.3, -0.25) is 9.69 Å². The third-order valence-electron chi connectivity index (χ3n) is 4.59. The maximum Gasteiger partial charge on any atom is 0.248 e. The molecule has 2 heterocycles. The Balaban J connectivity index is 1.84. The van der Waals surface area contributed by atoms with Gasteiger partial charge < -0.3 is 5.73 Å². The molecule has 2 aliphatic heterocycles. The minimum atomic E-state index is -0.346. The van der Waals surface area contributed by atoms with Gasteiger partial charge in [-0.05, 0) is 57.4 Å². The molecule has 0 aromatic heterocycles. The summed E-state index contributed by atoms with van der Waals surface area (Å²) >= 11 is 1.91.